The maximum absolute atomic E-state index is 13.1. The summed E-state index contributed by atoms with van der Waals surface area (Å²) in [5, 5.41) is 5.82. The summed E-state index contributed by atoms with van der Waals surface area (Å²) in [6.45, 7) is 6.49. The molecule has 2 aromatic rings. The molecule has 3 rings (SSSR count). The molecule has 30 heavy (non-hydrogen) atoms. The third-order valence-corrected chi connectivity index (χ3v) is 5.50. The fourth-order valence-corrected chi connectivity index (χ4v) is 3.53. The van der Waals surface area contributed by atoms with Gasteiger partial charge in [0.25, 0.3) is 11.8 Å². The normalized spacial score (nSPS) is 16.8. The van der Waals surface area contributed by atoms with Gasteiger partial charge in [-0.2, -0.15) is 0 Å². The Labute approximate surface area is 177 Å². The van der Waals surface area contributed by atoms with Crippen molar-refractivity contribution in [1.82, 2.24) is 10.2 Å². The van der Waals surface area contributed by atoms with E-state index in [9.17, 15) is 14.4 Å². The highest BCUT2D eigenvalue weighted by Gasteiger charge is 2.34. The number of aryl methyl sites for hydroxylation is 1. The summed E-state index contributed by atoms with van der Waals surface area (Å²) in [6.07, 6.45) is 2.31. The number of benzene rings is 2. The van der Waals surface area contributed by atoms with Crippen LogP contribution in [0.5, 0.6) is 0 Å². The van der Waals surface area contributed by atoms with Crippen LogP contribution in [-0.2, 0) is 4.79 Å². The van der Waals surface area contributed by atoms with Crippen LogP contribution in [-0.4, -0.2) is 41.2 Å². The van der Waals surface area contributed by atoms with E-state index in [1.807, 2.05) is 32.9 Å². The molecule has 0 spiro atoms. The van der Waals surface area contributed by atoms with Crippen molar-refractivity contribution in [3.8, 4) is 0 Å². The molecule has 0 bridgehead atoms. The fourth-order valence-electron chi connectivity index (χ4n) is 3.53. The first-order valence-electron chi connectivity index (χ1n) is 10.5. The second-order valence-corrected chi connectivity index (χ2v) is 7.88. The Morgan fingerprint density at radius 2 is 1.83 bits per heavy atom. The molecule has 2 N–H and O–H groups in total. The molecule has 6 nitrogen and oxygen atoms in total. The Balaban J connectivity index is 1.71. The maximum Gasteiger partial charge on any atom is 0.255 e. The van der Waals surface area contributed by atoms with Gasteiger partial charge in [0.05, 0.1) is 0 Å². The van der Waals surface area contributed by atoms with Gasteiger partial charge in [-0.3, -0.25) is 14.4 Å². The summed E-state index contributed by atoms with van der Waals surface area (Å²) in [6, 6.07) is 13.8. The van der Waals surface area contributed by atoms with Gasteiger partial charge < -0.3 is 15.5 Å². The van der Waals surface area contributed by atoms with Crippen LogP contribution in [0.2, 0.25) is 0 Å². The molecule has 2 unspecified atom stereocenters. The maximum atomic E-state index is 13.1. The predicted octanol–water partition coefficient (Wildman–Crippen LogP) is 3.77. The molecule has 2 aromatic carbocycles. The Morgan fingerprint density at radius 3 is 2.53 bits per heavy atom. The molecule has 0 saturated carbocycles. The molecule has 2 atom stereocenters. The van der Waals surface area contributed by atoms with Crippen molar-refractivity contribution in [2.45, 2.75) is 52.1 Å². The predicted molar refractivity (Wildman–Crippen MR) is 118 cm³/mol. The first kappa shape index (κ1) is 21.6. The van der Waals surface area contributed by atoms with Crippen molar-refractivity contribution in [3.63, 3.8) is 0 Å². The molecule has 1 aliphatic rings. The average Bonchev–Trinajstić information content (AvgIpc) is 3.23. The van der Waals surface area contributed by atoms with Crippen LogP contribution in [0, 0.1) is 6.92 Å². The first-order chi connectivity index (χ1) is 14.4. The minimum Gasteiger partial charge on any atom is -0.352 e. The molecule has 1 fully saturated rings. The molecule has 0 aliphatic carbocycles. The molecule has 0 radical (unpaired) electrons. The van der Waals surface area contributed by atoms with E-state index in [-0.39, 0.29) is 23.8 Å². The van der Waals surface area contributed by atoms with E-state index >= 15 is 0 Å². The standard InChI is InChI=1S/C24H29N3O3/c1-4-17(3)25-23(29)21-9-6-14-27(21)24(30)19-7-5-8-20(15-19)26-22(28)18-12-10-16(2)11-13-18/h5,7-8,10-13,15,17,21H,4,6,9,14H2,1-3H3,(H,25,29)(H,26,28). The number of carbonyl (C=O) groups excluding carboxylic acids is 3. The van der Waals surface area contributed by atoms with E-state index < -0.39 is 6.04 Å². The minimum absolute atomic E-state index is 0.0790. The number of nitrogens with zero attached hydrogens (tertiary/aromatic N) is 1. The van der Waals surface area contributed by atoms with Crippen molar-refractivity contribution in [2.24, 2.45) is 0 Å². The lowest BCUT2D eigenvalue weighted by Crippen LogP contribution is -2.48. The van der Waals surface area contributed by atoms with Gasteiger partial charge in [-0.1, -0.05) is 30.7 Å². The van der Waals surface area contributed by atoms with Gasteiger partial charge in [0.1, 0.15) is 6.04 Å². The molecular weight excluding hydrogens is 378 g/mol. The zero-order valence-corrected chi connectivity index (χ0v) is 17.8. The van der Waals surface area contributed by atoms with Crippen LogP contribution < -0.4 is 10.6 Å². The van der Waals surface area contributed by atoms with E-state index in [0.29, 0.717) is 29.8 Å². The van der Waals surface area contributed by atoms with Gasteiger partial charge in [-0.15, -0.1) is 0 Å². The van der Waals surface area contributed by atoms with Crippen LogP contribution in [0.3, 0.4) is 0 Å². The van der Waals surface area contributed by atoms with E-state index in [1.54, 1.807) is 41.3 Å². The van der Waals surface area contributed by atoms with Crippen molar-refractivity contribution in [2.75, 3.05) is 11.9 Å². The summed E-state index contributed by atoms with van der Waals surface area (Å²) in [5.74, 6) is -0.520. The SMILES string of the molecule is CCC(C)NC(=O)C1CCCN1C(=O)c1cccc(NC(=O)c2ccc(C)cc2)c1. The van der Waals surface area contributed by atoms with E-state index in [1.165, 1.54) is 0 Å². The summed E-state index contributed by atoms with van der Waals surface area (Å²) < 4.78 is 0. The lowest BCUT2D eigenvalue weighted by molar-refractivity contribution is -0.125. The average molecular weight is 408 g/mol. The smallest absolute Gasteiger partial charge is 0.255 e. The number of carbonyl (C=O) groups is 3. The molecule has 3 amide bonds. The first-order valence-corrected chi connectivity index (χ1v) is 10.5. The number of hydrogen-bond donors (Lipinski definition) is 2. The van der Waals surface area contributed by atoms with Gasteiger partial charge in [0, 0.05) is 29.4 Å². The molecule has 0 aromatic heterocycles. The van der Waals surface area contributed by atoms with Crippen LogP contribution in [0.25, 0.3) is 0 Å². The van der Waals surface area contributed by atoms with Crippen LogP contribution >= 0.6 is 0 Å². The fraction of sp³-hybridized carbons (Fsp3) is 0.375. The van der Waals surface area contributed by atoms with Crippen LogP contribution in [0.4, 0.5) is 5.69 Å². The molecular formula is C24H29N3O3. The van der Waals surface area contributed by atoms with Gasteiger partial charge >= 0.3 is 0 Å². The zero-order valence-electron chi connectivity index (χ0n) is 17.8. The molecule has 1 saturated heterocycles. The third kappa shape index (κ3) is 5.06. The Hall–Kier alpha value is -3.15. The van der Waals surface area contributed by atoms with Crippen LogP contribution in [0.1, 0.15) is 59.4 Å². The second kappa shape index (κ2) is 9.57. The Morgan fingerprint density at radius 1 is 1.10 bits per heavy atom. The zero-order chi connectivity index (χ0) is 21.7. The molecule has 1 aliphatic heterocycles. The summed E-state index contributed by atoms with van der Waals surface area (Å²) in [4.78, 5) is 39.8. The number of nitrogens with one attached hydrogen (secondary N) is 2. The molecule has 158 valence electrons. The Kier molecular flexibility index (Phi) is 6.87. The van der Waals surface area contributed by atoms with E-state index in [4.69, 9.17) is 0 Å². The lowest BCUT2D eigenvalue weighted by Gasteiger charge is -2.25. The molecule has 1 heterocycles. The quantitative estimate of drug-likeness (QED) is 0.765. The number of hydrogen-bond acceptors (Lipinski definition) is 3. The third-order valence-electron chi connectivity index (χ3n) is 5.50. The van der Waals surface area contributed by atoms with Crippen molar-refractivity contribution in [3.05, 3.63) is 65.2 Å². The Bertz CT molecular complexity index is 924. The van der Waals surface area contributed by atoms with Crippen molar-refractivity contribution >= 4 is 23.4 Å². The lowest BCUT2D eigenvalue weighted by atomic mass is 10.1. The summed E-state index contributed by atoms with van der Waals surface area (Å²) in [7, 11) is 0. The number of anilines is 1. The van der Waals surface area contributed by atoms with Gasteiger partial charge in [0.15, 0.2) is 0 Å². The molecule has 6 heteroatoms. The topological polar surface area (TPSA) is 78.5 Å². The second-order valence-electron chi connectivity index (χ2n) is 7.88. The van der Waals surface area contributed by atoms with E-state index in [0.717, 1.165) is 18.4 Å². The number of amides is 3. The van der Waals surface area contributed by atoms with Crippen LogP contribution in [0.15, 0.2) is 48.5 Å². The highest BCUT2D eigenvalue weighted by molar-refractivity contribution is 6.05. The summed E-state index contributed by atoms with van der Waals surface area (Å²) >= 11 is 0. The highest BCUT2D eigenvalue weighted by Crippen LogP contribution is 2.22. The minimum atomic E-state index is -0.447. The van der Waals surface area contributed by atoms with Gasteiger partial charge in [0.2, 0.25) is 5.91 Å². The van der Waals surface area contributed by atoms with Gasteiger partial charge in [-0.25, -0.2) is 0 Å². The van der Waals surface area contributed by atoms with E-state index in [2.05, 4.69) is 10.6 Å². The highest BCUT2D eigenvalue weighted by atomic mass is 16.2. The largest absolute Gasteiger partial charge is 0.352 e. The number of likely N-dealkylation sites (tertiary alicyclic amines) is 1. The van der Waals surface area contributed by atoms with Gasteiger partial charge in [-0.05, 0) is 63.4 Å². The van der Waals surface area contributed by atoms with Crippen molar-refractivity contribution < 1.29 is 14.4 Å². The summed E-state index contributed by atoms with van der Waals surface area (Å²) in [5.41, 5.74) is 2.64. The number of rotatable bonds is 6. The van der Waals surface area contributed by atoms with Crippen molar-refractivity contribution in [1.29, 1.82) is 0 Å². The monoisotopic (exact) mass is 407 g/mol.